The highest BCUT2D eigenvalue weighted by Crippen LogP contribution is 2.17. The maximum absolute atomic E-state index is 11.9. The van der Waals surface area contributed by atoms with Crippen LogP contribution in [-0.4, -0.2) is 27.2 Å². The summed E-state index contributed by atoms with van der Waals surface area (Å²) in [5.74, 6) is 1.04. The lowest BCUT2D eigenvalue weighted by Gasteiger charge is -2.10. The van der Waals surface area contributed by atoms with Gasteiger partial charge in [-0.2, -0.15) is 4.98 Å². The quantitative estimate of drug-likeness (QED) is 0.881. The molecular formula is C16H19N3O3. The predicted octanol–water partition coefficient (Wildman–Crippen LogP) is 1.97. The zero-order valence-electron chi connectivity index (χ0n) is 12.3. The molecule has 0 saturated heterocycles. The van der Waals surface area contributed by atoms with Gasteiger partial charge < -0.3 is 14.9 Å². The zero-order chi connectivity index (χ0) is 15.4. The standard InChI is InChI=1S/C16H19N3O3/c20-13-7-5-11(6-8-13)9-16-18-14(19-22-16)10-15(21)17-12-3-1-2-4-12/h5-8,12,20H,1-4,9-10H2,(H,17,21). The van der Waals surface area contributed by atoms with Crippen LogP contribution in [0.4, 0.5) is 0 Å². The number of phenolic OH excluding ortho intramolecular Hbond substituents is 1. The largest absolute Gasteiger partial charge is 0.508 e. The van der Waals surface area contributed by atoms with Gasteiger partial charge in [0.05, 0.1) is 12.8 Å². The van der Waals surface area contributed by atoms with E-state index in [0.717, 1.165) is 18.4 Å². The molecule has 6 nitrogen and oxygen atoms in total. The highest BCUT2D eigenvalue weighted by atomic mass is 16.5. The van der Waals surface area contributed by atoms with Crippen molar-refractivity contribution in [3.8, 4) is 5.75 Å². The lowest BCUT2D eigenvalue weighted by atomic mass is 10.1. The average Bonchev–Trinajstić information content (AvgIpc) is 3.14. The van der Waals surface area contributed by atoms with Crippen molar-refractivity contribution in [2.75, 3.05) is 0 Å². The van der Waals surface area contributed by atoms with Gasteiger partial charge in [-0.3, -0.25) is 4.79 Å². The van der Waals surface area contributed by atoms with Crippen LogP contribution in [0.5, 0.6) is 5.75 Å². The van der Waals surface area contributed by atoms with E-state index in [1.807, 2.05) is 0 Å². The Morgan fingerprint density at radius 1 is 1.27 bits per heavy atom. The second-order valence-electron chi connectivity index (χ2n) is 5.67. The first-order valence-corrected chi connectivity index (χ1v) is 7.58. The first-order chi connectivity index (χ1) is 10.7. The van der Waals surface area contributed by atoms with Crippen LogP contribution in [0.2, 0.25) is 0 Å². The van der Waals surface area contributed by atoms with Crippen molar-refractivity contribution in [2.24, 2.45) is 0 Å². The van der Waals surface area contributed by atoms with E-state index in [1.165, 1.54) is 12.8 Å². The molecule has 1 aliphatic rings. The Kier molecular flexibility index (Phi) is 4.37. The zero-order valence-corrected chi connectivity index (χ0v) is 12.3. The molecule has 1 aromatic heterocycles. The van der Waals surface area contributed by atoms with Crippen molar-refractivity contribution < 1.29 is 14.4 Å². The molecule has 0 spiro atoms. The molecule has 1 saturated carbocycles. The number of amides is 1. The van der Waals surface area contributed by atoms with Gasteiger partial charge in [0, 0.05) is 6.04 Å². The molecule has 1 heterocycles. The van der Waals surface area contributed by atoms with E-state index in [2.05, 4.69) is 15.5 Å². The number of phenols is 1. The summed E-state index contributed by atoms with van der Waals surface area (Å²) in [5, 5.41) is 16.1. The highest BCUT2D eigenvalue weighted by molar-refractivity contribution is 5.78. The van der Waals surface area contributed by atoms with E-state index >= 15 is 0 Å². The Morgan fingerprint density at radius 3 is 2.73 bits per heavy atom. The summed E-state index contributed by atoms with van der Waals surface area (Å²) in [6, 6.07) is 7.12. The van der Waals surface area contributed by atoms with Crippen LogP contribution >= 0.6 is 0 Å². The molecule has 2 N–H and O–H groups in total. The second-order valence-corrected chi connectivity index (χ2v) is 5.67. The van der Waals surface area contributed by atoms with Gasteiger partial charge in [0.2, 0.25) is 11.8 Å². The third-order valence-corrected chi connectivity index (χ3v) is 3.84. The summed E-state index contributed by atoms with van der Waals surface area (Å²) >= 11 is 0. The molecule has 1 aromatic carbocycles. The molecule has 116 valence electrons. The maximum atomic E-state index is 11.9. The van der Waals surface area contributed by atoms with Crippen LogP contribution in [0.25, 0.3) is 0 Å². The normalized spacial score (nSPS) is 15.1. The van der Waals surface area contributed by atoms with Gasteiger partial charge in [-0.1, -0.05) is 30.1 Å². The summed E-state index contributed by atoms with van der Waals surface area (Å²) < 4.78 is 5.17. The molecule has 1 fully saturated rings. The SMILES string of the molecule is O=C(Cc1noc(Cc2ccc(O)cc2)n1)NC1CCCC1. The number of aromatic hydroxyl groups is 1. The molecule has 0 aliphatic heterocycles. The third-order valence-electron chi connectivity index (χ3n) is 3.84. The van der Waals surface area contributed by atoms with Crippen molar-refractivity contribution in [1.29, 1.82) is 0 Å². The van der Waals surface area contributed by atoms with Gasteiger partial charge in [-0.15, -0.1) is 0 Å². The topological polar surface area (TPSA) is 88.2 Å². The molecule has 6 heteroatoms. The van der Waals surface area contributed by atoms with E-state index in [1.54, 1.807) is 24.3 Å². The minimum absolute atomic E-state index is 0.0520. The number of hydrogen-bond donors (Lipinski definition) is 2. The summed E-state index contributed by atoms with van der Waals surface area (Å²) in [4.78, 5) is 16.2. The van der Waals surface area contributed by atoms with Crippen molar-refractivity contribution in [3.63, 3.8) is 0 Å². The molecule has 3 rings (SSSR count). The van der Waals surface area contributed by atoms with Gasteiger partial charge in [0.25, 0.3) is 0 Å². The number of hydrogen-bond acceptors (Lipinski definition) is 5. The molecule has 0 unspecified atom stereocenters. The lowest BCUT2D eigenvalue weighted by molar-refractivity contribution is -0.121. The van der Waals surface area contributed by atoms with Gasteiger partial charge in [0.15, 0.2) is 5.82 Å². The third kappa shape index (κ3) is 3.84. The van der Waals surface area contributed by atoms with Crippen LogP contribution in [0.3, 0.4) is 0 Å². The van der Waals surface area contributed by atoms with Crippen LogP contribution in [0, 0.1) is 0 Å². The smallest absolute Gasteiger partial charge is 0.231 e. The molecule has 0 bridgehead atoms. The number of nitrogens with one attached hydrogen (secondary N) is 1. The fourth-order valence-corrected chi connectivity index (χ4v) is 2.71. The van der Waals surface area contributed by atoms with Crippen molar-refractivity contribution in [2.45, 2.75) is 44.6 Å². The Hall–Kier alpha value is -2.37. The Bertz CT molecular complexity index is 630. The van der Waals surface area contributed by atoms with Gasteiger partial charge in [-0.05, 0) is 30.5 Å². The van der Waals surface area contributed by atoms with E-state index in [9.17, 15) is 9.90 Å². The van der Waals surface area contributed by atoms with E-state index < -0.39 is 0 Å². The second kappa shape index (κ2) is 6.60. The molecule has 1 amide bonds. The molecule has 0 atom stereocenters. The van der Waals surface area contributed by atoms with Crippen LogP contribution in [-0.2, 0) is 17.6 Å². The first kappa shape index (κ1) is 14.6. The molecular weight excluding hydrogens is 282 g/mol. The fraction of sp³-hybridized carbons (Fsp3) is 0.438. The first-order valence-electron chi connectivity index (χ1n) is 7.58. The fourth-order valence-electron chi connectivity index (χ4n) is 2.71. The molecule has 1 aliphatic carbocycles. The monoisotopic (exact) mass is 301 g/mol. The number of nitrogens with zero attached hydrogens (tertiary/aromatic N) is 2. The van der Waals surface area contributed by atoms with Crippen molar-refractivity contribution in [3.05, 3.63) is 41.5 Å². The number of carbonyl (C=O) groups is 1. The number of rotatable bonds is 5. The van der Waals surface area contributed by atoms with Crippen LogP contribution < -0.4 is 5.32 Å². The van der Waals surface area contributed by atoms with Gasteiger partial charge >= 0.3 is 0 Å². The summed E-state index contributed by atoms with van der Waals surface area (Å²) in [5.41, 5.74) is 0.961. The highest BCUT2D eigenvalue weighted by Gasteiger charge is 2.18. The molecule has 2 aromatic rings. The maximum Gasteiger partial charge on any atom is 0.231 e. The van der Waals surface area contributed by atoms with E-state index in [4.69, 9.17) is 4.52 Å². The van der Waals surface area contributed by atoms with E-state index in [0.29, 0.717) is 24.2 Å². The van der Waals surface area contributed by atoms with E-state index in [-0.39, 0.29) is 18.1 Å². The minimum atomic E-state index is -0.0520. The summed E-state index contributed by atoms with van der Waals surface area (Å²) in [7, 11) is 0. The summed E-state index contributed by atoms with van der Waals surface area (Å²) in [6.45, 7) is 0. The summed E-state index contributed by atoms with van der Waals surface area (Å²) in [6.07, 6.45) is 5.12. The number of aromatic nitrogens is 2. The molecule has 0 radical (unpaired) electrons. The predicted molar refractivity (Wildman–Crippen MR) is 79.3 cm³/mol. The lowest BCUT2D eigenvalue weighted by Crippen LogP contribution is -2.33. The van der Waals surface area contributed by atoms with Gasteiger partial charge in [0.1, 0.15) is 5.75 Å². The Morgan fingerprint density at radius 2 is 2.00 bits per heavy atom. The molecule has 22 heavy (non-hydrogen) atoms. The van der Waals surface area contributed by atoms with Crippen LogP contribution in [0.15, 0.2) is 28.8 Å². The minimum Gasteiger partial charge on any atom is -0.508 e. The number of carbonyl (C=O) groups excluding carboxylic acids is 1. The van der Waals surface area contributed by atoms with Gasteiger partial charge in [-0.25, -0.2) is 0 Å². The Labute approximate surface area is 128 Å². The van der Waals surface area contributed by atoms with Crippen molar-refractivity contribution >= 4 is 5.91 Å². The average molecular weight is 301 g/mol. The van der Waals surface area contributed by atoms with Crippen molar-refractivity contribution in [1.82, 2.24) is 15.5 Å². The Balaban J connectivity index is 1.54. The number of benzene rings is 1. The van der Waals surface area contributed by atoms with Crippen LogP contribution in [0.1, 0.15) is 43.0 Å².